The Bertz CT molecular complexity index is 1830. The van der Waals surface area contributed by atoms with E-state index in [2.05, 4.69) is 133 Å². The molecule has 0 aliphatic carbocycles. The summed E-state index contributed by atoms with van der Waals surface area (Å²) in [5.74, 6) is 2.30. The summed E-state index contributed by atoms with van der Waals surface area (Å²) in [6.07, 6.45) is 17.6. The van der Waals surface area contributed by atoms with Crippen LogP contribution in [0, 0.1) is 0 Å². The van der Waals surface area contributed by atoms with Crippen molar-refractivity contribution in [1.82, 2.24) is 4.90 Å². The first kappa shape index (κ1) is 49.9. The van der Waals surface area contributed by atoms with Gasteiger partial charge in [0.2, 0.25) is 11.4 Å². The largest absolute Gasteiger partial charge is 0.395 e. The Morgan fingerprint density at radius 3 is 1.44 bits per heavy atom. The summed E-state index contributed by atoms with van der Waals surface area (Å²) in [7, 11) is 11.0. The third-order valence-corrected chi connectivity index (χ3v) is 13.2. The summed E-state index contributed by atoms with van der Waals surface area (Å²) >= 11 is 0. The first-order chi connectivity index (χ1) is 29.7. The third-order valence-electron chi connectivity index (χ3n) is 10.9. The van der Waals surface area contributed by atoms with Gasteiger partial charge >= 0.3 is 0 Å². The van der Waals surface area contributed by atoms with Gasteiger partial charge in [-0.15, -0.1) is 0 Å². The highest BCUT2D eigenvalue weighted by Crippen LogP contribution is 2.22. The van der Waals surface area contributed by atoms with Crippen LogP contribution in [0.25, 0.3) is 24.3 Å². The number of unbranched alkanes of at least 4 members (excludes halogenated alkanes) is 2. The Hall–Kier alpha value is -3.72. The van der Waals surface area contributed by atoms with Gasteiger partial charge in [0.25, 0.3) is 0 Å². The number of aromatic nitrogens is 2. The Morgan fingerprint density at radius 2 is 0.967 bits per heavy atom. The molecule has 4 rings (SSSR count). The van der Waals surface area contributed by atoms with Crippen LogP contribution in [0.4, 0.5) is 11.4 Å². The van der Waals surface area contributed by atoms with E-state index in [-0.39, 0.29) is 26.4 Å². The van der Waals surface area contributed by atoms with Gasteiger partial charge in [-0.3, -0.25) is 0 Å². The molecule has 332 valence electrons. The normalized spacial score (nSPS) is 12.0. The van der Waals surface area contributed by atoms with E-state index in [1.807, 2.05) is 55.7 Å². The van der Waals surface area contributed by atoms with Crippen molar-refractivity contribution in [2.24, 2.45) is 0 Å². The lowest BCUT2D eigenvalue weighted by molar-refractivity contribution is -0.888. The SMILES string of the molecule is CN(CCCC[n+]1ccccc1/C=C/c1ccc(N(CCO)CCO)cc1)CCSSCC[N+](C)(C)CCCC[n+]1ccccc1/C=C/c1ccc(N(CCO)CCO)cc1. The summed E-state index contributed by atoms with van der Waals surface area (Å²) in [4.78, 5) is 6.44. The highest BCUT2D eigenvalue weighted by Gasteiger charge is 2.16. The van der Waals surface area contributed by atoms with Gasteiger partial charge in [0, 0.05) is 106 Å². The molecule has 0 bridgehead atoms. The van der Waals surface area contributed by atoms with Crippen LogP contribution in [0.2, 0.25) is 0 Å². The monoisotopic (exact) mass is 874 g/mol. The van der Waals surface area contributed by atoms with E-state index in [1.54, 1.807) is 0 Å². The minimum absolute atomic E-state index is 0.0593. The van der Waals surface area contributed by atoms with Gasteiger partial charge in [-0.25, -0.2) is 0 Å². The lowest BCUT2D eigenvalue weighted by Gasteiger charge is -2.29. The lowest BCUT2D eigenvalue weighted by Crippen LogP contribution is -2.43. The van der Waals surface area contributed by atoms with Crippen LogP contribution < -0.4 is 18.9 Å². The van der Waals surface area contributed by atoms with E-state index >= 15 is 0 Å². The van der Waals surface area contributed by atoms with E-state index in [0.29, 0.717) is 26.2 Å². The smallest absolute Gasteiger partial charge is 0.205 e. The van der Waals surface area contributed by atoms with Gasteiger partial charge in [0.15, 0.2) is 12.4 Å². The van der Waals surface area contributed by atoms with Gasteiger partial charge in [0.1, 0.15) is 13.1 Å². The molecule has 0 unspecified atom stereocenters. The molecule has 0 aliphatic rings. The molecule has 0 atom stereocenters. The van der Waals surface area contributed by atoms with Crippen molar-refractivity contribution in [1.29, 1.82) is 0 Å². The Morgan fingerprint density at radius 1 is 0.508 bits per heavy atom. The standard InChI is InChI=1S/C49H73N6O4S2/c1-50(26-8-9-29-51-27-6-4-12-46(51)20-14-44-16-22-48(23-17-44)53(31-38-56)32-39-57)35-42-60-61-43-37-55(2,3)36-11-10-30-52-28-7-5-13-47(52)21-15-45-18-24-49(25-19-45)54(33-40-58)34-41-59/h4-7,12-25,27-28,56-59H,8-11,26,29-43H2,1-3H3/q+3. The first-order valence-corrected chi connectivity index (χ1v) is 24.5. The molecule has 0 fully saturated rings. The maximum atomic E-state index is 9.36. The molecule has 0 saturated heterocycles. The zero-order chi connectivity index (χ0) is 43.5. The summed E-state index contributed by atoms with van der Waals surface area (Å²) in [5, 5.41) is 37.4. The Labute approximate surface area is 374 Å². The molecular weight excluding hydrogens is 801 g/mol. The van der Waals surface area contributed by atoms with Crippen molar-refractivity contribution in [2.45, 2.75) is 38.8 Å². The summed E-state index contributed by atoms with van der Waals surface area (Å²) in [6, 6.07) is 29.2. The number of hydrogen-bond acceptors (Lipinski definition) is 9. The number of aryl methyl sites for hydroxylation is 2. The van der Waals surface area contributed by atoms with Gasteiger partial charge in [-0.2, -0.15) is 9.13 Å². The number of anilines is 2. The van der Waals surface area contributed by atoms with Gasteiger partial charge < -0.3 is 39.6 Å². The zero-order valence-electron chi connectivity index (χ0n) is 37.0. The van der Waals surface area contributed by atoms with Crippen LogP contribution in [0.15, 0.2) is 97.3 Å². The highest BCUT2D eigenvalue weighted by atomic mass is 33.1. The van der Waals surface area contributed by atoms with Crippen molar-refractivity contribution in [3.63, 3.8) is 0 Å². The van der Waals surface area contributed by atoms with Crippen LogP contribution >= 0.6 is 21.6 Å². The molecule has 4 aromatic rings. The molecule has 0 spiro atoms. The summed E-state index contributed by atoms with van der Waals surface area (Å²) < 4.78 is 5.72. The summed E-state index contributed by atoms with van der Waals surface area (Å²) in [6.45, 7) is 8.81. The Balaban J connectivity index is 1.07. The molecule has 4 N–H and O–H groups in total. The molecule has 0 saturated carbocycles. The third kappa shape index (κ3) is 19.1. The van der Waals surface area contributed by atoms with E-state index in [1.165, 1.54) is 37.3 Å². The number of aliphatic hydroxyl groups excluding tert-OH is 4. The number of rotatable bonds is 31. The molecule has 0 aliphatic heterocycles. The predicted octanol–water partition coefficient (Wildman–Crippen LogP) is 5.83. The topological polar surface area (TPSA) is 98.4 Å². The molecule has 2 heterocycles. The van der Waals surface area contributed by atoms with Crippen LogP contribution in [0.5, 0.6) is 0 Å². The Kier molecular flexibility index (Phi) is 23.6. The maximum Gasteiger partial charge on any atom is 0.205 e. The molecule has 2 aromatic heterocycles. The van der Waals surface area contributed by atoms with Crippen LogP contribution in [0.1, 0.15) is 48.2 Å². The molecule has 12 heteroatoms. The second-order valence-corrected chi connectivity index (χ2v) is 18.8. The van der Waals surface area contributed by atoms with Crippen molar-refractivity contribution in [3.8, 4) is 0 Å². The van der Waals surface area contributed by atoms with Crippen molar-refractivity contribution >= 4 is 57.3 Å². The lowest BCUT2D eigenvalue weighted by atomic mass is 10.1. The highest BCUT2D eigenvalue weighted by molar-refractivity contribution is 8.76. The summed E-state index contributed by atoms with van der Waals surface area (Å²) in [5.41, 5.74) is 6.61. The van der Waals surface area contributed by atoms with E-state index < -0.39 is 0 Å². The average Bonchev–Trinajstić information content (AvgIpc) is 3.27. The zero-order valence-corrected chi connectivity index (χ0v) is 38.6. The van der Waals surface area contributed by atoms with Crippen molar-refractivity contribution in [2.75, 3.05) is 121 Å². The van der Waals surface area contributed by atoms with E-state index in [0.717, 1.165) is 77.5 Å². The van der Waals surface area contributed by atoms with Crippen LogP contribution in [-0.2, 0) is 13.1 Å². The number of pyridine rings is 2. The van der Waals surface area contributed by atoms with Gasteiger partial charge in [0.05, 0.1) is 59.4 Å². The molecule has 61 heavy (non-hydrogen) atoms. The molecule has 10 nitrogen and oxygen atoms in total. The second kappa shape index (κ2) is 28.8. The first-order valence-electron chi connectivity index (χ1n) is 22.0. The number of hydrogen-bond donors (Lipinski definition) is 4. The predicted molar refractivity (Wildman–Crippen MR) is 260 cm³/mol. The fourth-order valence-corrected chi connectivity index (χ4v) is 9.52. The van der Waals surface area contributed by atoms with Crippen LogP contribution in [0.3, 0.4) is 0 Å². The van der Waals surface area contributed by atoms with E-state index in [4.69, 9.17) is 0 Å². The fraction of sp³-hybridized carbons (Fsp3) is 0.469. The van der Waals surface area contributed by atoms with Gasteiger partial charge in [-0.05, 0) is 79.7 Å². The quantitative estimate of drug-likeness (QED) is 0.0216. The number of nitrogens with zero attached hydrogens (tertiary/aromatic N) is 6. The van der Waals surface area contributed by atoms with E-state index in [9.17, 15) is 20.4 Å². The second-order valence-electron chi connectivity index (χ2n) is 16.1. The molecule has 2 aromatic carbocycles. The minimum atomic E-state index is 0.0593. The fourth-order valence-electron chi connectivity index (χ4n) is 7.17. The van der Waals surface area contributed by atoms with Crippen LogP contribution in [-0.4, -0.2) is 141 Å². The molecular formula is C49H73N6O4S2+3. The average molecular weight is 874 g/mol. The number of quaternary nitrogens is 1. The number of aliphatic hydroxyl groups is 4. The maximum absolute atomic E-state index is 9.36. The van der Waals surface area contributed by atoms with Crippen molar-refractivity contribution < 1.29 is 34.0 Å². The molecule has 0 amide bonds. The van der Waals surface area contributed by atoms with Gasteiger partial charge in [-0.1, -0.05) is 45.9 Å². The minimum Gasteiger partial charge on any atom is -0.395 e. The number of benzene rings is 2. The molecule has 0 radical (unpaired) electrons. The van der Waals surface area contributed by atoms with Crippen molar-refractivity contribution in [3.05, 3.63) is 120 Å².